The summed E-state index contributed by atoms with van der Waals surface area (Å²) < 4.78 is 5.09. The Balaban J connectivity index is 1.42. The molecule has 3 heterocycles. The molecular formula is C20H25N5O2. The third kappa shape index (κ3) is 3.82. The fraction of sp³-hybridized carbons (Fsp3) is 0.450. The molecular weight excluding hydrogens is 342 g/mol. The van der Waals surface area contributed by atoms with Crippen molar-refractivity contribution in [3.63, 3.8) is 0 Å². The number of nitrogens with zero attached hydrogens (tertiary/aromatic N) is 5. The van der Waals surface area contributed by atoms with E-state index in [-0.39, 0.29) is 6.09 Å². The van der Waals surface area contributed by atoms with Crippen molar-refractivity contribution in [1.82, 2.24) is 14.9 Å². The molecule has 142 valence electrons. The molecule has 0 aliphatic carbocycles. The number of piperazine rings is 1. The summed E-state index contributed by atoms with van der Waals surface area (Å²) in [5.74, 6) is 1.88. The lowest BCUT2D eigenvalue weighted by Crippen LogP contribution is -2.49. The number of benzene rings is 1. The first-order chi connectivity index (χ1) is 13.2. The number of rotatable bonds is 3. The minimum absolute atomic E-state index is 0.229. The number of aromatic nitrogens is 2. The van der Waals surface area contributed by atoms with Gasteiger partial charge in [-0.2, -0.15) is 0 Å². The van der Waals surface area contributed by atoms with Gasteiger partial charge in [-0.1, -0.05) is 24.3 Å². The van der Waals surface area contributed by atoms with Crippen LogP contribution >= 0.6 is 0 Å². The Kier molecular flexibility index (Phi) is 5.09. The molecule has 0 atom stereocenters. The predicted molar refractivity (Wildman–Crippen MR) is 104 cm³/mol. The Hall–Kier alpha value is -2.83. The van der Waals surface area contributed by atoms with Crippen LogP contribution in [0.5, 0.6) is 0 Å². The van der Waals surface area contributed by atoms with Crippen LogP contribution < -0.4 is 9.80 Å². The molecule has 4 rings (SSSR count). The van der Waals surface area contributed by atoms with Crippen LogP contribution in [0.3, 0.4) is 0 Å². The maximum Gasteiger partial charge on any atom is 0.409 e. The Morgan fingerprint density at radius 1 is 1.00 bits per heavy atom. The summed E-state index contributed by atoms with van der Waals surface area (Å²) in [6.45, 7) is 6.87. The van der Waals surface area contributed by atoms with E-state index >= 15 is 0 Å². The molecule has 0 bridgehead atoms. The Morgan fingerprint density at radius 3 is 2.44 bits per heavy atom. The van der Waals surface area contributed by atoms with Crippen molar-refractivity contribution in [1.29, 1.82) is 0 Å². The Morgan fingerprint density at radius 2 is 1.70 bits per heavy atom. The van der Waals surface area contributed by atoms with Crippen LogP contribution in [0.1, 0.15) is 18.1 Å². The molecule has 7 heteroatoms. The van der Waals surface area contributed by atoms with E-state index < -0.39 is 0 Å². The van der Waals surface area contributed by atoms with Crippen LogP contribution in [-0.4, -0.2) is 60.3 Å². The molecule has 1 aromatic heterocycles. The van der Waals surface area contributed by atoms with Crippen molar-refractivity contribution in [2.24, 2.45) is 0 Å². The second-order valence-electron chi connectivity index (χ2n) is 6.85. The lowest BCUT2D eigenvalue weighted by molar-refractivity contribution is 0.105. The minimum Gasteiger partial charge on any atom is -0.450 e. The number of hydrogen-bond donors (Lipinski definition) is 0. The molecule has 27 heavy (non-hydrogen) atoms. The van der Waals surface area contributed by atoms with Gasteiger partial charge in [0.25, 0.3) is 0 Å². The van der Waals surface area contributed by atoms with Crippen LogP contribution in [-0.2, 0) is 17.7 Å². The standard InChI is InChI=1S/C20H25N5O2/c1-2-27-20(26)24-11-9-23(10-12-24)18-13-19(22-15-21-18)25-8-7-16-5-3-4-6-17(16)14-25/h3-6,13,15H,2,7-12,14H2,1H3. The first-order valence-corrected chi connectivity index (χ1v) is 9.55. The smallest absolute Gasteiger partial charge is 0.409 e. The lowest BCUT2D eigenvalue weighted by atomic mass is 10.00. The number of carbonyl (C=O) groups excluding carboxylic acids is 1. The number of hydrogen-bond acceptors (Lipinski definition) is 6. The number of ether oxygens (including phenoxy) is 1. The summed E-state index contributed by atoms with van der Waals surface area (Å²) >= 11 is 0. The van der Waals surface area contributed by atoms with Crippen LogP contribution in [0.25, 0.3) is 0 Å². The Bertz CT molecular complexity index is 804. The fourth-order valence-electron chi connectivity index (χ4n) is 3.71. The van der Waals surface area contributed by atoms with Gasteiger partial charge in [0, 0.05) is 45.3 Å². The molecule has 0 spiro atoms. The van der Waals surface area contributed by atoms with Crippen LogP contribution in [0.15, 0.2) is 36.7 Å². The van der Waals surface area contributed by atoms with E-state index in [1.54, 1.807) is 11.2 Å². The van der Waals surface area contributed by atoms with Gasteiger partial charge >= 0.3 is 6.09 Å². The van der Waals surface area contributed by atoms with Gasteiger partial charge in [0.05, 0.1) is 6.61 Å². The quantitative estimate of drug-likeness (QED) is 0.830. The zero-order chi connectivity index (χ0) is 18.6. The molecule has 0 radical (unpaired) electrons. The van der Waals surface area contributed by atoms with Crippen molar-refractivity contribution in [3.05, 3.63) is 47.8 Å². The van der Waals surface area contributed by atoms with E-state index in [2.05, 4.69) is 50.1 Å². The first-order valence-electron chi connectivity index (χ1n) is 9.55. The third-order valence-corrected chi connectivity index (χ3v) is 5.22. The van der Waals surface area contributed by atoms with E-state index in [0.717, 1.165) is 44.2 Å². The SMILES string of the molecule is CCOC(=O)N1CCN(c2cc(N3CCc4ccccc4C3)ncn2)CC1. The normalized spacial score (nSPS) is 16.9. The number of carbonyl (C=O) groups is 1. The zero-order valence-electron chi connectivity index (χ0n) is 15.7. The van der Waals surface area contributed by atoms with Crippen molar-refractivity contribution in [3.8, 4) is 0 Å². The molecule has 1 amide bonds. The molecule has 7 nitrogen and oxygen atoms in total. The molecule has 2 aliphatic rings. The van der Waals surface area contributed by atoms with E-state index in [9.17, 15) is 4.79 Å². The van der Waals surface area contributed by atoms with Crippen molar-refractivity contribution < 1.29 is 9.53 Å². The number of fused-ring (bicyclic) bond motifs is 1. The van der Waals surface area contributed by atoms with E-state index in [1.807, 2.05) is 6.92 Å². The highest BCUT2D eigenvalue weighted by Gasteiger charge is 2.24. The van der Waals surface area contributed by atoms with Crippen molar-refractivity contribution in [2.45, 2.75) is 19.9 Å². The van der Waals surface area contributed by atoms with Gasteiger partial charge in [0.15, 0.2) is 0 Å². The van der Waals surface area contributed by atoms with Gasteiger partial charge in [-0.15, -0.1) is 0 Å². The predicted octanol–water partition coefficient (Wildman–Crippen LogP) is 2.32. The summed E-state index contributed by atoms with van der Waals surface area (Å²) in [6.07, 6.45) is 2.45. The van der Waals surface area contributed by atoms with Crippen LogP contribution in [0, 0.1) is 0 Å². The topological polar surface area (TPSA) is 61.8 Å². The summed E-state index contributed by atoms with van der Waals surface area (Å²) in [5, 5.41) is 0. The van der Waals surface area contributed by atoms with Gasteiger partial charge in [-0.05, 0) is 24.5 Å². The fourth-order valence-corrected chi connectivity index (χ4v) is 3.71. The maximum atomic E-state index is 11.9. The van der Waals surface area contributed by atoms with Gasteiger partial charge in [0.1, 0.15) is 18.0 Å². The van der Waals surface area contributed by atoms with Crippen LogP contribution in [0.4, 0.5) is 16.4 Å². The molecule has 2 aromatic rings. The second kappa shape index (κ2) is 7.82. The van der Waals surface area contributed by atoms with Gasteiger partial charge in [-0.25, -0.2) is 14.8 Å². The summed E-state index contributed by atoms with van der Waals surface area (Å²) in [6, 6.07) is 10.7. The lowest BCUT2D eigenvalue weighted by Gasteiger charge is -2.35. The summed E-state index contributed by atoms with van der Waals surface area (Å²) in [7, 11) is 0. The third-order valence-electron chi connectivity index (χ3n) is 5.22. The van der Waals surface area contributed by atoms with Gasteiger partial charge in [-0.3, -0.25) is 0 Å². The second-order valence-corrected chi connectivity index (χ2v) is 6.85. The molecule has 1 fully saturated rings. The van der Waals surface area contributed by atoms with Crippen molar-refractivity contribution in [2.75, 3.05) is 49.1 Å². The highest BCUT2D eigenvalue weighted by atomic mass is 16.6. The molecule has 0 N–H and O–H groups in total. The largest absolute Gasteiger partial charge is 0.450 e. The summed E-state index contributed by atoms with van der Waals surface area (Å²) in [4.78, 5) is 27.1. The van der Waals surface area contributed by atoms with E-state index in [4.69, 9.17) is 4.74 Å². The van der Waals surface area contributed by atoms with E-state index in [0.29, 0.717) is 19.7 Å². The molecule has 1 aromatic carbocycles. The van der Waals surface area contributed by atoms with Gasteiger partial charge < -0.3 is 19.4 Å². The zero-order valence-corrected chi connectivity index (χ0v) is 15.7. The highest BCUT2D eigenvalue weighted by Crippen LogP contribution is 2.25. The molecule has 1 saturated heterocycles. The first kappa shape index (κ1) is 17.6. The monoisotopic (exact) mass is 367 g/mol. The summed E-state index contributed by atoms with van der Waals surface area (Å²) in [5.41, 5.74) is 2.80. The van der Waals surface area contributed by atoms with Crippen LogP contribution in [0.2, 0.25) is 0 Å². The molecule has 2 aliphatic heterocycles. The molecule has 0 unspecified atom stereocenters. The minimum atomic E-state index is -0.229. The van der Waals surface area contributed by atoms with Crippen molar-refractivity contribution >= 4 is 17.7 Å². The maximum absolute atomic E-state index is 11.9. The molecule has 0 saturated carbocycles. The number of amides is 1. The average Bonchev–Trinajstić information content (AvgIpc) is 2.74. The Labute approximate surface area is 159 Å². The van der Waals surface area contributed by atoms with E-state index in [1.165, 1.54) is 11.1 Å². The average molecular weight is 367 g/mol. The highest BCUT2D eigenvalue weighted by molar-refractivity contribution is 5.68. The number of anilines is 2. The van der Waals surface area contributed by atoms with Gasteiger partial charge in [0.2, 0.25) is 0 Å².